The van der Waals surface area contributed by atoms with Crippen LogP contribution < -0.4 is 5.73 Å². The Morgan fingerprint density at radius 1 is 1.10 bits per heavy atom. The van der Waals surface area contributed by atoms with Crippen LogP contribution in [0.25, 0.3) is 0 Å². The Labute approximate surface area is 126 Å². The molecule has 120 valence electrons. The van der Waals surface area contributed by atoms with E-state index in [9.17, 15) is 0 Å². The van der Waals surface area contributed by atoms with E-state index in [1.807, 2.05) is 0 Å². The van der Waals surface area contributed by atoms with Crippen molar-refractivity contribution < 1.29 is 0 Å². The Bertz CT molecular complexity index is 253. The third-order valence-electron chi connectivity index (χ3n) is 5.17. The maximum atomic E-state index is 6.29. The summed E-state index contributed by atoms with van der Waals surface area (Å²) in [5, 5.41) is 0. The van der Waals surface area contributed by atoms with Gasteiger partial charge in [0.15, 0.2) is 0 Å². The minimum Gasteiger partial charge on any atom is -0.329 e. The van der Waals surface area contributed by atoms with Crippen LogP contribution in [-0.2, 0) is 0 Å². The molecule has 0 radical (unpaired) electrons. The zero-order chi connectivity index (χ0) is 15.2. The SMILES string of the molecule is CCC(CC)N(CC(C)C)C1(CN)CCN(CC)CC1. The maximum absolute atomic E-state index is 6.29. The van der Waals surface area contributed by atoms with Gasteiger partial charge >= 0.3 is 0 Å². The summed E-state index contributed by atoms with van der Waals surface area (Å²) < 4.78 is 0. The normalized spacial score (nSPS) is 20.2. The summed E-state index contributed by atoms with van der Waals surface area (Å²) in [5.41, 5.74) is 6.53. The molecule has 0 aliphatic carbocycles. The summed E-state index contributed by atoms with van der Waals surface area (Å²) in [6.45, 7) is 17.2. The van der Waals surface area contributed by atoms with Crippen LogP contribution in [-0.4, -0.2) is 54.1 Å². The van der Waals surface area contributed by atoms with Gasteiger partial charge < -0.3 is 10.6 Å². The predicted molar refractivity (Wildman–Crippen MR) is 89.0 cm³/mol. The van der Waals surface area contributed by atoms with Crippen LogP contribution in [0.15, 0.2) is 0 Å². The van der Waals surface area contributed by atoms with Gasteiger partial charge in [0.25, 0.3) is 0 Å². The van der Waals surface area contributed by atoms with Crippen molar-refractivity contribution in [3.8, 4) is 0 Å². The molecular weight excluding hydrogens is 246 g/mol. The largest absolute Gasteiger partial charge is 0.329 e. The van der Waals surface area contributed by atoms with E-state index in [0.29, 0.717) is 12.0 Å². The third-order valence-corrected chi connectivity index (χ3v) is 5.17. The van der Waals surface area contributed by atoms with E-state index in [2.05, 4.69) is 44.4 Å². The Kier molecular flexibility index (Phi) is 7.49. The van der Waals surface area contributed by atoms with E-state index in [1.54, 1.807) is 0 Å². The van der Waals surface area contributed by atoms with E-state index in [4.69, 9.17) is 5.73 Å². The van der Waals surface area contributed by atoms with Crippen molar-refractivity contribution >= 4 is 0 Å². The number of hydrogen-bond acceptors (Lipinski definition) is 3. The Hall–Kier alpha value is -0.120. The fraction of sp³-hybridized carbons (Fsp3) is 1.00. The highest BCUT2D eigenvalue weighted by Crippen LogP contribution is 2.32. The van der Waals surface area contributed by atoms with Crippen molar-refractivity contribution in [3.05, 3.63) is 0 Å². The molecule has 0 atom stereocenters. The number of nitrogens with two attached hydrogens (primary N) is 1. The average Bonchev–Trinajstić information content (AvgIpc) is 2.47. The van der Waals surface area contributed by atoms with Crippen molar-refractivity contribution in [1.29, 1.82) is 0 Å². The molecule has 1 rings (SSSR count). The van der Waals surface area contributed by atoms with E-state index < -0.39 is 0 Å². The molecule has 0 amide bonds. The molecule has 1 saturated heterocycles. The van der Waals surface area contributed by atoms with Gasteiger partial charge in [0.2, 0.25) is 0 Å². The summed E-state index contributed by atoms with van der Waals surface area (Å²) in [5.74, 6) is 0.711. The van der Waals surface area contributed by atoms with Crippen LogP contribution in [0.1, 0.15) is 60.3 Å². The predicted octanol–water partition coefficient (Wildman–Crippen LogP) is 2.95. The van der Waals surface area contributed by atoms with E-state index in [1.165, 1.54) is 51.9 Å². The molecule has 1 heterocycles. The smallest absolute Gasteiger partial charge is 0.0359 e. The molecule has 1 aliphatic rings. The average molecular weight is 284 g/mol. The molecule has 0 aromatic rings. The van der Waals surface area contributed by atoms with Crippen molar-refractivity contribution in [2.45, 2.75) is 71.9 Å². The first-order valence-corrected chi connectivity index (χ1v) is 8.72. The van der Waals surface area contributed by atoms with Gasteiger partial charge in [-0.25, -0.2) is 0 Å². The van der Waals surface area contributed by atoms with Gasteiger partial charge in [0.1, 0.15) is 0 Å². The fourth-order valence-corrected chi connectivity index (χ4v) is 3.75. The molecule has 0 bridgehead atoms. The number of nitrogens with zero attached hydrogens (tertiary/aromatic N) is 2. The zero-order valence-electron chi connectivity index (χ0n) is 14.5. The molecule has 1 aliphatic heterocycles. The first-order valence-electron chi connectivity index (χ1n) is 8.72. The van der Waals surface area contributed by atoms with Crippen LogP contribution in [0.3, 0.4) is 0 Å². The number of rotatable bonds is 8. The number of hydrogen-bond donors (Lipinski definition) is 1. The lowest BCUT2D eigenvalue weighted by Crippen LogP contribution is -2.62. The first kappa shape index (κ1) is 17.9. The second-order valence-electron chi connectivity index (χ2n) is 6.88. The second kappa shape index (κ2) is 8.35. The van der Waals surface area contributed by atoms with Gasteiger partial charge in [-0.1, -0.05) is 34.6 Å². The van der Waals surface area contributed by atoms with Crippen molar-refractivity contribution in [1.82, 2.24) is 9.80 Å². The molecule has 0 spiro atoms. The summed E-state index contributed by atoms with van der Waals surface area (Å²) in [7, 11) is 0. The Morgan fingerprint density at radius 2 is 1.65 bits per heavy atom. The van der Waals surface area contributed by atoms with Crippen LogP contribution >= 0.6 is 0 Å². The van der Waals surface area contributed by atoms with Crippen LogP contribution in [0, 0.1) is 5.92 Å². The molecule has 0 aromatic heterocycles. The van der Waals surface area contributed by atoms with Crippen LogP contribution in [0.4, 0.5) is 0 Å². The molecule has 3 heteroatoms. The number of piperidine rings is 1. The lowest BCUT2D eigenvalue weighted by atomic mass is 9.83. The van der Waals surface area contributed by atoms with Crippen LogP contribution in [0.5, 0.6) is 0 Å². The summed E-state index contributed by atoms with van der Waals surface area (Å²) in [4.78, 5) is 5.35. The van der Waals surface area contributed by atoms with Gasteiger partial charge in [-0.15, -0.1) is 0 Å². The van der Waals surface area contributed by atoms with Crippen molar-refractivity contribution in [2.24, 2.45) is 11.7 Å². The maximum Gasteiger partial charge on any atom is 0.0359 e. The van der Waals surface area contributed by atoms with Gasteiger partial charge in [-0.2, -0.15) is 0 Å². The number of likely N-dealkylation sites (tertiary alicyclic amines) is 1. The van der Waals surface area contributed by atoms with Gasteiger partial charge in [0, 0.05) is 24.7 Å². The fourth-order valence-electron chi connectivity index (χ4n) is 3.75. The van der Waals surface area contributed by atoms with Crippen LogP contribution in [0.2, 0.25) is 0 Å². The highest BCUT2D eigenvalue weighted by molar-refractivity contribution is 4.98. The summed E-state index contributed by atoms with van der Waals surface area (Å²) >= 11 is 0. The topological polar surface area (TPSA) is 32.5 Å². The molecule has 20 heavy (non-hydrogen) atoms. The van der Waals surface area contributed by atoms with Crippen molar-refractivity contribution in [3.63, 3.8) is 0 Å². The molecule has 2 N–H and O–H groups in total. The molecule has 0 unspecified atom stereocenters. The zero-order valence-corrected chi connectivity index (χ0v) is 14.5. The second-order valence-corrected chi connectivity index (χ2v) is 6.88. The van der Waals surface area contributed by atoms with Gasteiger partial charge in [-0.05, 0) is 51.2 Å². The molecule has 0 aromatic carbocycles. The first-order chi connectivity index (χ1) is 9.52. The Morgan fingerprint density at radius 3 is 2.00 bits per heavy atom. The monoisotopic (exact) mass is 283 g/mol. The quantitative estimate of drug-likeness (QED) is 0.743. The standard InChI is InChI=1S/C17H37N3/c1-6-16(7-2)20(13-15(4)5)17(14-18)9-11-19(8-3)12-10-17/h15-16H,6-14,18H2,1-5H3. The highest BCUT2D eigenvalue weighted by Gasteiger charge is 2.40. The lowest BCUT2D eigenvalue weighted by molar-refractivity contribution is -0.0128. The van der Waals surface area contributed by atoms with Gasteiger partial charge in [0.05, 0.1) is 0 Å². The van der Waals surface area contributed by atoms with E-state index >= 15 is 0 Å². The minimum atomic E-state index is 0.243. The summed E-state index contributed by atoms with van der Waals surface area (Å²) in [6, 6.07) is 0.689. The minimum absolute atomic E-state index is 0.243. The van der Waals surface area contributed by atoms with Crippen molar-refractivity contribution in [2.75, 3.05) is 32.7 Å². The third kappa shape index (κ3) is 4.19. The lowest BCUT2D eigenvalue weighted by Gasteiger charge is -2.52. The molecule has 3 nitrogen and oxygen atoms in total. The Balaban J connectivity index is 2.89. The summed E-state index contributed by atoms with van der Waals surface area (Å²) in [6.07, 6.45) is 4.95. The molecule has 0 saturated carbocycles. The van der Waals surface area contributed by atoms with E-state index in [0.717, 1.165) is 6.54 Å². The van der Waals surface area contributed by atoms with Gasteiger partial charge in [-0.3, -0.25) is 4.90 Å². The molecular formula is C17H37N3. The van der Waals surface area contributed by atoms with E-state index in [-0.39, 0.29) is 5.54 Å². The molecule has 1 fully saturated rings. The highest BCUT2D eigenvalue weighted by atomic mass is 15.3.